The van der Waals surface area contributed by atoms with E-state index in [1.807, 2.05) is 0 Å². The summed E-state index contributed by atoms with van der Waals surface area (Å²) < 4.78 is 70.3. The summed E-state index contributed by atoms with van der Waals surface area (Å²) in [6, 6.07) is 0. The number of anilines is 1. The number of nitrogens with zero attached hydrogens (tertiary/aromatic N) is 4. The summed E-state index contributed by atoms with van der Waals surface area (Å²) in [5.74, 6) is -1.41. The van der Waals surface area contributed by atoms with Crippen LogP contribution in [0.2, 0.25) is 0 Å². The van der Waals surface area contributed by atoms with Crippen molar-refractivity contribution in [2.24, 2.45) is 5.14 Å². The molecule has 1 aliphatic heterocycles. The fourth-order valence-electron chi connectivity index (χ4n) is 2.62. The van der Waals surface area contributed by atoms with Crippen LogP contribution in [0.5, 0.6) is 0 Å². The number of alkyl halides is 3. The summed E-state index contributed by atoms with van der Waals surface area (Å²) in [6.07, 6.45) is -9.43. The van der Waals surface area contributed by atoms with E-state index in [1.165, 1.54) is 0 Å². The quantitative estimate of drug-likeness (QED) is 0.383. The molecule has 12 nitrogen and oxygen atoms in total. The number of halogens is 3. The normalized spacial score (nSPS) is 25.7. The Morgan fingerprint density at radius 2 is 2.00 bits per heavy atom. The monoisotopic (exact) mass is 460 g/mol. The molecule has 3 heterocycles. The molecule has 4 atom stereocenters. The van der Waals surface area contributed by atoms with Gasteiger partial charge in [0.2, 0.25) is 0 Å². The highest BCUT2D eigenvalue weighted by atomic mass is 32.2. The van der Waals surface area contributed by atoms with Crippen molar-refractivity contribution in [1.29, 1.82) is 0 Å². The van der Waals surface area contributed by atoms with Crippen molar-refractivity contribution in [3.8, 4) is 0 Å². The third kappa shape index (κ3) is 4.87. The van der Waals surface area contributed by atoms with Crippen molar-refractivity contribution < 1.29 is 40.7 Å². The van der Waals surface area contributed by atoms with Gasteiger partial charge < -0.3 is 20.7 Å². The molecule has 6 N–H and O–H groups in total. The van der Waals surface area contributed by atoms with Crippen LogP contribution < -0.4 is 10.9 Å². The van der Waals surface area contributed by atoms with E-state index in [2.05, 4.69) is 19.2 Å². The number of nitrogen functional groups attached to an aromatic ring is 1. The molecular formula is C12H15F3N6O6S2. The van der Waals surface area contributed by atoms with Crippen molar-refractivity contribution >= 4 is 38.9 Å². The summed E-state index contributed by atoms with van der Waals surface area (Å²) in [5, 5.41) is 28.9. The summed E-state index contributed by atoms with van der Waals surface area (Å²) in [4.78, 5) is 7.64. The molecule has 0 bridgehead atoms. The van der Waals surface area contributed by atoms with E-state index in [4.69, 9.17) is 15.6 Å². The molecule has 1 saturated heterocycles. The van der Waals surface area contributed by atoms with Gasteiger partial charge in [-0.3, -0.25) is 4.18 Å². The summed E-state index contributed by atoms with van der Waals surface area (Å²) in [6.45, 7) is -0.709. The van der Waals surface area contributed by atoms with E-state index in [0.717, 1.165) is 11.0 Å². The van der Waals surface area contributed by atoms with E-state index in [1.54, 1.807) is 0 Å². The third-order valence-electron chi connectivity index (χ3n) is 3.83. The minimum Gasteiger partial charge on any atom is -0.387 e. The SMILES string of the molecule is Nc1ncnc2c1c(SCC(F)(F)F)nn2[C@@H]1O[C@H](COS(N)(=O)=O)[C@@H](O)[C@H]1O. The Labute approximate surface area is 165 Å². The Kier molecular flexibility index (Phi) is 5.91. The Bertz CT molecular complexity index is 1000. The molecule has 0 saturated carbocycles. The lowest BCUT2D eigenvalue weighted by atomic mass is 10.1. The number of nitrogens with two attached hydrogens (primary N) is 2. The second-order valence-electron chi connectivity index (χ2n) is 5.93. The Morgan fingerprint density at radius 3 is 2.62 bits per heavy atom. The Balaban J connectivity index is 1.94. The van der Waals surface area contributed by atoms with Gasteiger partial charge >= 0.3 is 16.5 Å². The molecule has 1 aliphatic rings. The average molecular weight is 460 g/mol. The predicted octanol–water partition coefficient (Wildman–Crippen LogP) is -1.10. The fourth-order valence-corrected chi connectivity index (χ4v) is 3.73. The summed E-state index contributed by atoms with van der Waals surface area (Å²) in [5.41, 5.74) is 5.69. The number of thioether (sulfide) groups is 1. The number of hydrogen-bond donors (Lipinski definition) is 4. The van der Waals surface area contributed by atoms with E-state index >= 15 is 0 Å². The first kappa shape index (κ1) is 21.9. The first-order valence-electron chi connectivity index (χ1n) is 7.74. The second-order valence-corrected chi connectivity index (χ2v) is 8.12. The fraction of sp³-hybridized carbons (Fsp3) is 0.583. The molecule has 2 aromatic heterocycles. The van der Waals surface area contributed by atoms with Gasteiger partial charge in [-0.25, -0.2) is 19.8 Å². The highest BCUT2D eigenvalue weighted by Gasteiger charge is 2.46. The van der Waals surface area contributed by atoms with Crippen molar-refractivity contribution in [3.05, 3.63) is 6.33 Å². The van der Waals surface area contributed by atoms with Gasteiger partial charge in [0.1, 0.15) is 35.5 Å². The molecule has 2 aromatic rings. The average Bonchev–Trinajstić information content (AvgIpc) is 3.10. The number of aromatic nitrogens is 4. The van der Waals surface area contributed by atoms with Gasteiger partial charge in [0.05, 0.1) is 17.7 Å². The maximum absolute atomic E-state index is 12.6. The van der Waals surface area contributed by atoms with Gasteiger partial charge in [-0.1, -0.05) is 11.8 Å². The van der Waals surface area contributed by atoms with Crippen molar-refractivity contribution in [2.45, 2.75) is 35.7 Å². The van der Waals surface area contributed by atoms with Gasteiger partial charge in [-0.15, -0.1) is 0 Å². The first-order chi connectivity index (χ1) is 13.4. The summed E-state index contributed by atoms with van der Waals surface area (Å²) in [7, 11) is -4.33. The van der Waals surface area contributed by atoms with Crippen molar-refractivity contribution in [2.75, 3.05) is 18.1 Å². The standard InChI is InChI=1S/C12H15F3N6O6S2/c13-12(14,15)2-28-10-5-8(16)18-3-19-9(5)21(20-10)11-7(23)6(22)4(27-11)1-26-29(17,24)25/h3-4,6-7,11,22-23H,1-2H2,(H2,16,18,19)(H2,17,24,25)/t4-,6-,7-,11-/m1/s1. The van der Waals surface area contributed by atoms with Crippen LogP contribution in [-0.4, -0.2) is 75.2 Å². The largest absolute Gasteiger partial charge is 0.398 e. The third-order valence-corrected chi connectivity index (χ3v) is 5.33. The number of aliphatic hydroxyl groups excluding tert-OH is 2. The van der Waals surface area contributed by atoms with Crippen molar-refractivity contribution in [3.63, 3.8) is 0 Å². The first-order valence-corrected chi connectivity index (χ1v) is 10.2. The molecule has 17 heteroatoms. The van der Waals surface area contributed by atoms with Crippen LogP contribution in [-0.2, 0) is 19.2 Å². The minimum absolute atomic E-state index is 0.0104. The molecule has 0 aromatic carbocycles. The van der Waals surface area contributed by atoms with Crippen molar-refractivity contribution in [1.82, 2.24) is 19.7 Å². The van der Waals surface area contributed by atoms with E-state index in [9.17, 15) is 31.8 Å². The molecule has 0 aliphatic carbocycles. The zero-order valence-electron chi connectivity index (χ0n) is 14.2. The molecule has 3 rings (SSSR count). The zero-order chi connectivity index (χ0) is 21.6. The van der Waals surface area contributed by atoms with Crippen LogP contribution in [0.25, 0.3) is 11.0 Å². The minimum atomic E-state index is -4.49. The Hall–Kier alpha value is -1.76. The number of ether oxygens (including phenoxy) is 1. The van der Waals surface area contributed by atoms with Gasteiger partial charge in [0.15, 0.2) is 11.9 Å². The molecule has 29 heavy (non-hydrogen) atoms. The lowest BCUT2D eigenvalue weighted by Crippen LogP contribution is -2.35. The van der Waals surface area contributed by atoms with Crippen LogP contribution >= 0.6 is 11.8 Å². The van der Waals surface area contributed by atoms with Crippen LogP contribution in [0, 0.1) is 0 Å². The van der Waals surface area contributed by atoms with E-state index in [0.29, 0.717) is 11.8 Å². The van der Waals surface area contributed by atoms with Crippen LogP contribution in [0.15, 0.2) is 11.4 Å². The molecule has 0 spiro atoms. The van der Waals surface area contributed by atoms with Crippen LogP contribution in [0.1, 0.15) is 6.23 Å². The Morgan fingerprint density at radius 1 is 1.31 bits per heavy atom. The molecule has 0 unspecified atom stereocenters. The number of rotatable bonds is 6. The number of fused-ring (bicyclic) bond motifs is 1. The molecule has 162 valence electrons. The molecule has 0 radical (unpaired) electrons. The van der Waals surface area contributed by atoms with E-state index in [-0.39, 0.29) is 21.9 Å². The van der Waals surface area contributed by atoms with Gasteiger partial charge in [0, 0.05) is 0 Å². The number of aliphatic hydroxyl groups is 2. The van der Waals surface area contributed by atoms with Gasteiger partial charge in [0.25, 0.3) is 0 Å². The lowest BCUT2D eigenvalue weighted by molar-refractivity contribution is -0.105. The molecule has 1 fully saturated rings. The smallest absolute Gasteiger partial charge is 0.387 e. The van der Waals surface area contributed by atoms with Gasteiger partial charge in [-0.05, 0) is 0 Å². The lowest BCUT2D eigenvalue weighted by Gasteiger charge is -2.15. The molecule has 0 amide bonds. The number of hydrogen-bond acceptors (Lipinski definition) is 11. The maximum atomic E-state index is 12.6. The highest BCUT2D eigenvalue weighted by molar-refractivity contribution is 7.99. The maximum Gasteiger partial charge on any atom is 0.398 e. The van der Waals surface area contributed by atoms with Gasteiger partial charge in [-0.2, -0.15) is 26.7 Å². The van der Waals surface area contributed by atoms with Crippen LogP contribution in [0.3, 0.4) is 0 Å². The predicted molar refractivity (Wildman–Crippen MR) is 91.5 cm³/mol. The van der Waals surface area contributed by atoms with E-state index < -0.39 is 53.4 Å². The summed E-state index contributed by atoms with van der Waals surface area (Å²) >= 11 is 0.330. The highest BCUT2D eigenvalue weighted by Crippen LogP contribution is 2.37. The molecular weight excluding hydrogens is 445 g/mol. The zero-order valence-corrected chi connectivity index (χ0v) is 15.9. The topological polar surface area (TPSA) is 189 Å². The second kappa shape index (κ2) is 7.82. The van der Waals surface area contributed by atoms with Crippen LogP contribution in [0.4, 0.5) is 19.0 Å².